The van der Waals surface area contributed by atoms with Crippen LogP contribution >= 0.6 is 0 Å². The van der Waals surface area contributed by atoms with Gasteiger partial charge in [-0.15, -0.1) is 0 Å². The van der Waals surface area contributed by atoms with Crippen molar-refractivity contribution in [3.8, 4) is 103 Å². The molecule has 13 heteroatoms. The van der Waals surface area contributed by atoms with E-state index in [1.807, 2.05) is 221 Å². The second-order valence-electron chi connectivity index (χ2n) is 19.6. The highest BCUT2D eigenvalue weighted by Crippen LogP contribution is 2.45. The average molecular weight is 1070 g/mol. The minimum atomic E-state index is -4.87. The maximum absolute atomic E-state index is 15.5. The van der Waals surface area contributed by atoms with Gasteiger partial charge in [-0.05, 0) is 59.7 Å². The van der Waals surface area contributed by atoms with E-state index in [1.54, 1.807) is 12.1 Å². The Balaban J connectivity index is 1.06. The van der Waals surface area contributed by atoms with E-state index in [1.165, 1.54) is 12.1 Å². The van der Waals surface area contributed by atoms with E-state index in [4.69, 9.17) is 29.9 Å². The predicted octanol–water partition coefficient (Wildman–Crippen LogP) is 16.7. The molecule has 10 nitrogen and oxygen atoms in total. The van der Waals surface area contributed by atoms with E-state index in [2.05, 4.69) is 6.07 Å². The lowest BCUT2D eigenvalue weighted by atomic mass is 9.94. The number of hydrogen-bond donors (Lipinski definition) is 0. The summed E-state index contributed by atoms with van der Waals surface area (Å²) in [5.74, 6) is 2.65. The molecule has 0 unspecified atom stereocenters. The summed E-state index contributed by atoms with van der Waals surface area (Å²) in [4.78, 5) is 30.0. The molecule has 386 valence electrons. The number of aromatic nitrogens is 8. The van der Waals surface area contributed by atoms with Crippen LogP contribution in [0.3, 0.4) is 0 Å². The van der Waals surface area contributed by atoms with Gasteiger partial charge < -0.3 is 9.13 Å². The molecule has 0 saturated heterocycles. The largest absolute Gasteiger partial charge is 0.417 e. The average Bonchev–Trinajstić information content (AvgIpc) is 2.61. The van der Waals surface area contributed by atoms with Gasteiger partial charge in [-0.2, -0.15) is 23.7 Å². The van der Waals surface area contributed by atoms with Gasteiger partial charge in [0.15, 0.2) is 34.9 Å². The molecule has 14 rings (SSSR count). The molecule has 4 aromatic heterocycles. The first-order chi connectivity index (χ1) is 40.2. The molecule has 0 saturated carbocycles. The van der Waals surface area contributed by atoms with E-state index < -0.39 is 11.7 Å². The van der Waals surface area contributed by atoms with Crippen molar-refractivity contribution >= 4 is 43.6 Å². The Morgan fingerprint density at radius 3 is 1.04 bits per heavy atom. The lowest BCUT2D eigenvalue weighted by molar-refractivity contribution is -0.137. The topological polar surface area (TPSA) is 135 Å². The van der Waals surface area contributed by atoms with Crippen molar-refractivity contribution in [2.75, 3.05) is 0 Å². The van der Waals surface area contributed by atoms with Gasteiger partial charge in [-0.1, -0.05) is 188 Å². The highest BCUT2D eigenvalue weighted by Gasteiger charge is 2.35. The normalized spacial score (nSPS) is 11.6. The molecule has 0 radical (unpaired) electrons. The van der Waals surface area contributed by atoms with Crippen LogP contribution in [0.4, 0.5) is 13.2 Å². The standard InChI is InChI=1S/C69H39F3N10/c70-69(71,72)56-35-42(40-73)29-32-50(56)49-38-61(81-57-27-15-13-25-51(57)53-33-30-47(36-59(53)81)67-77-63(43-17-5-1-6-18-43)75-64(78-67)44-19-7-2-8-20-44)55(41-74)62(39-49)82-58-28-16-14-26-52(58)54-34-31-48(37-60(54)82)68-79-65(45-21-9-3-10-22-45)76-66(80-68)46-23-11-4-12-24-46/h1-39H. The Morgan fingerprint density at radius 2 is 0.671 bits per heavy atom. The second kappa shape index (κ2) is 19.8. The third-order valence-corrected chi connectivity index (χ3v) is 14.7. The van der Waals surface area contributed by atoms with E-state index in [-0.39, 0.29) is 22.3 Å². The Kier molecular flexibility index (Phi) is 11.8. The van der Waals surface area contributed by atoms with Gasteiger partial charge in [0.05, 0.1) is 50.6 Å². The van der Waals surface area contributed by atoms with Crippen LogP contribution in [0.2, 0.25) is 0 Å². The third kappa shape index (κ3) is 8.54. The minimum absolute atomic E-state index is 0.150. The van der Waals surface area contributed by atoms with Crippen molar-refractivity contribution in [2.24, 2.45) is 0 Å². The van der Waals surface area contributed by atoms with Crippen LogP contribution in [-0.4, -0.2) is 39.0 Å². The summed E-state index contributed by atoms with van der Waals surface area (Å²) in [5, 5.41) is 25.1. The smallest absolute Gasteiger partial charge is 0.308 e. The van der Waals surface area contributed by atoms with Gasteiger partial charge in [0.1, 0.15) is 11.6 Å². The summed E-state index contributed by atoms with van der Waals surface area (Å²) < 4.78 is 50.5. The number of alkyl halides is 3. The summed E-state index contributed by atoms with van der Waals surface area (Å²) in [6.45, 7) is 0. The van der Waals surface area contributed by atoms with Crippen molar-refractivity contribution in [2.45, 2.75) is 6.18 Å². The maximum Gasteiger partial charge on any atom is 0.417 e. The Hall–Kier alpha value is -11.4. The summed E-state index contributed by atoms with van der Waals surface area (Å²) in [6.07, 6.45) is -4.87. The van der Waals surface area contributed by atoms with Crippen LogP contribution < -0.4 is 0 Å². The Labute approximate surface area is 466 Å². The van der Waals surface area contributed by atoms with E-state index >= 15 is 13.2 Å². The van der Waals surface area contributed by atoms with Crippen molar-refractivity contribution in [3.05, 3.63) is 253 Å². The molecule has 0 aliphatic rings. The summed E-state index contributed by atoms with van der Waals surface area (Å²) in [6, 6.07) is 77.2. The summed E-state index contributed by atoms with van der Waals surface area (Å²) >= 11 is 0. The quantitative estimate of drug-likeness (QED) is 0.139. The summed E-state index contributed by atoms with van der Waals surface area (Å²) in [5.41, 5.74) is 6.71. The van der Waals surface area contributed by atoms with Gasteiger partial charge in [0, 0.05) is 54.9 Å². The third-order valence-electron chi connectivity index (χ3n) is 14.7. The monoisotopic (exact) mass is 1060 g/mol. The zero-order valence-electron chi connectivity index (χ0n) is 43.1. The van der Waals surface area contributed by atoms with Crippen LogP contribution in [0.5, 0.6) is 0 Å². The first-order valence-electron chi connectivity index (χ1n) is 26.2. The van der Waals surface area contributed by atoms with E-state index in [9.17, 15) is 10.5 Å². The SMILES string of the molecule is N#Cc1ccc(-c2cc(-n3c4ccccc4c4ccc(-c5nc(-c6ccccc6)nc(-c6ccccc6)n5)cc43)c(C#N)c(-n3c4ccccc4c4ccc(-c5nc(-c6ccccc6)nc(-c6ccccc6)n5)cc43)c2)c(C(F)(F)F)c1. The van der Waals surface area contributed by atoms with E-state index in [0.29, 0.717) is 79.5 Å². The molecule has 14 aromatic rings. The second-order valence-corrected chi connectivity index (χ2v) is 19.6. The number of benzene rings is 10. The molecular weight excluding hydrogens is 1030 g/mol. The predicted molar refractivity (Wildman–Crippen MR) is 314 cm³/mol. The number of para-hydroxylation sites is 2. The highest BCUT2D eigenvalue weighted by atomic mass is 19.4. The lowest BCUT2D eigenvalue weighted by Crippen LogP contribution is -2.09. The van der Waals surface area contributed by atoms with Gasteiger partial charge in [-0.3, -0.25) is 0 Å². The highest BCUT2D eigenvalue weighted by molar-refractivity contribution is 6.12. The van der Waals surface area contributed by atoms with Gasteiger partial charge in [0.25, 0.3) is 0 Å². The number of rotatable bonds is 9. The number of nitriles is 2. The van der Waals surface area contributed by atoms with Crippen molar-refractivity contribution in [3.63, 3.8) is 0 Å². The van der Waals surface area contributed by atoms with E-state index in [0.717, 1.165) is 49.9 Å². The zero-order valence-corrected chi connectivity index (χ0v) is 43.1. The molecule has 0 amide bonds. The number of nitrogens with zero attached hydrogens (tertiary/aromatic N) is 10. The molecule has 0 atom stereocenters. The number of halogens is 3. The fourth-order valence-electron chi connectivity index (χ4n) is 10.9. The molecule has 0 aliphatic carbocycles. The zero-order chi connectivity index (χ0) is 55.5. The maximum atomic E-state index is 15.5. The first-order valence-corrected chi connectivity index (χ1v) is 26.2. The van der Waals surface area contributed by atoms with Crippen LogP contribution in [0.15, 0.2) is 237 Å². The van der Waals surface area contributed by atoms with Gasteiger partial charge in [0.2, 0.25) is 0 Å². The van der Waals surface area contributed by atoms with Crippen LogP contribution in [0.25, 0.3) is 134 Å². The Bertz CT molecular complexity index is 4550. The molecule has 0 bridgehead atoms. The first kappa shape index (κ1) is 48.9. The number of hydrogen-bond acceptors (Lipinski definition) is 8. The van der Waals surface area contributed by atoms with Crippen LogP contribution in [0, 0.1) is 22.7 Å². The molecule has 4 heterocycles. The van der Waals surface area contributed by atoms with Gasteiger partial charge >= 0.3 is 6.18 Å². The molecule has 10 aromatic carbocycles. The summed E-state index contributed by atoms with van der Waals surface area (Å²) in [7, 11) is 0. The van der Waals surface area contributed by atoms with Crippen LogP contribution in [0.1, 0.15) is 16.7 Å². The van der Waals surface area contributed by atoms with Crippen molar-refractivity contribution in [1.29, 1.82) is 10.5 Å². The van der Waals surface area contributed by atoms with Crippen molar-refractivity contribution < 1.29 is 13.2 Å². The molecule has 82 heavy (non-hydrogen) atoms. The Morgan fingerprint density at radius 1 is 0.317 bits per heavy atom. The van der Waals surface area contributed by atoms with Gasteiger partial charge in [-0.25, -0.2) is 29.9 Å². The number of fused-ring (bicyclic) bond motifs is 6. The minimum Gasteiger partial charge on any atom is -0.308 e. The molecule has 0 spiro atoms. The van der Waals surface area contributed by atoms with Crippen molar-refractivity contribution in [1.82, 2.24) is 39.0 Å². The molecule has 0 fully saturated rings. The lowest BCUT2D eigenvalue weighted by Gasteiger charge is -2.20. The fraction of sp³-hybridized carbons (Fsp3) is 0.0145. The molecule has 0 N–H and O–H groups in total. The fourth-order valence-corrected chi connectivity index (χ4v) is 10.9. The molecular formula is C69H39F3N10. The molecule has 0 aliphatic heterocycles. The van der Waals surface area contributed by atoms with Crippen LogP contribution in [-0.2, 0) is 6.18 Å².